The number of hydrogen-bond acceptors (Lipinski definition) is 4. The summed E-state index contributed by atoms with van der Waals surface area (Å²) >= 11 is 0. The van der Waals surface area contributed by atoms with Gasteiger partial charge < -0.3 is 15.3 Å². The number of likely N-dealkylation sites (tertiary alicyclic amines) is 1. The average molecular weight is 281 g/mol. The molecule has 0 bridgehead atoms. The van der Waals surface area contributed by atoms with Crippen LogP contribution < -0.4 is 5.32 Å². The zero-order valence-electron chi connectivity index (χ0n) is 11.2. The molecule has 0 saturated carbocycles. The number of aromatic amines is 1. The Balaban J connectivity index is 1.61. The molecule has 1 aromatic rings. The van der Waals surface area contributed by atoms with E-state index in [2.05, 4.69) is 20.7 Å². The average Bonchev–Trinajstić information content (AvgIpc) is 2.92. The van der Waals surface area contributed by atoms with Gasteiger partial charge in [0.05, 0.1) is 11.9 Å². The van der Waals surface area contributed by atoms with E-state index in [9.17, 15) is 9.59 Å². The molecule has 8 nitrogen and oxygen atoms in total. The predicted molar refractivity (Wildman–Crippen MR) is 70.0 cm³/mol. The number of nitrogens with zero attached hydrogens (tertiary/aromatic N) is 3. The maximum atomic E-state index is 11.8. The number of hydrogen-bond donors (Lipinski definition) is 3. The largest absolute Gasteiger partial charge is 0.465 e. The molecule has 0 spiro atoms. The maximum absolute atomic E-state index is 11.8. The highest BCUT2D eigenvalue weighted by molar-refractivity contribution is 5.76. The summed E-state index contributed by atoms with van der Waals surface area (Å²) in [5.41, 5.74) is 0.820. The highest BCUT2D eigenvalue weighted by Gasteiger charge is 2.23. The first-order valence-electron chi connectivity index (χ1n) is 6.74. The second-order valence-corrected chi connectivity index (χ2v) is 4.98. The number of H-pyrrole nitrogens is 1. The molecule has 2 heterocycles. The molecule has 0 aliphatic carbocycles. The number of piperidine rings is 1. The van der Waals surface area contributed by atoms with Crippen LogP contribution in [-0.2, 0) is 11.2 Å². The Morgan fingerprint density at radius 1 is 1.45 bits per heavy atom. The molecule has 110 valence electrons. The van der Waals surface area contributed by atoms with Crippen molar-refractivity contribution in [3.05, 3.63) is 11.9 Å². The normalized spacial score (nSPS) is 16.1. The van der Waals surface area contributed by atoms with Crippen molar-refractivity contribution in [2.75, 3.05) is 19.6 Å². The standard InChI is InChI=1S/C12H19N5O3/c18-11(13-4-1-10-8-14-16-15-10)7-9-2-5-17(6-3-9)12(19)20/h8-9H,1-7H2,(H,13,18)(H,19,20)(H,14,15,16). The minimum atomic E-state index is -0.875. The third kappa shape index (κ3) is 4.22. The second kappa shape index (κ2) is 6.88. The summed E-state index contributed by atoms with van der Waals surface area (Å²) in [4.78, 5) is 23.9. The van der Waals surface area contributed by atoms with E-state index in [1.54, 1.807) is 6.20 Å². The van der Waals surface area contributed by atoms with Crippen LogP contribution in [-0.4, -0.2) is 57.1 Å². The van der Waals surface area contributed by atoms with E-state index in [4.69, 9.17) is 5.11 Å². The summed E-state index contributed by atoms with van der Waals surface area (Å²) in [6, 6.07) is 0. The van der Waals surface area contributed by atoms with Gasteiger partial charge in [0, 0.05) is 32.5 Å². The lowest BCUT2D eigenvalue weighted by Crippen LogP contribution is -2.39. The summed E-state index contributed by atoms with van der Waals surface area (Å²) < 4.78 is 0. The minimum Gasteiger partial charge on any atom is -0.465 e. The third-order valence-corrected chi connectivity index (χ3v) is 3.53. The molecule has 2 rings (SSSR count). The molecule has 20 heavy (non-hydrogen) atoms. The van der Waals surface area contributed by atoms with E-state index in [1.807, 2.05) is 0 Å². The second-order valence-electron chi connectivity index (χ2n) is 4.98. The van der Waals surface area contributed by atoms with E-state index in [0.717, 1.165) is 18.5 Å². The van der Waals surface area contributed by atoms with Crippen molar-refractivity contribution in [2.45, 2.75) is 25.7 Å². The van der Waals surface area contributed by atoms with Crippen molar-refractivity contribution in [1.82, 2.24) is 25.6 Å². The molecular formula is C12H19N5O3. The number of aromatic nitrogens is 3. The lowest BCUT2D eigenvalue weighted by Gasteiger charge is -2.29. The smallest absolute Gasteiger partial charge is 0.407 e. The molecule has 0 radical (unpaired) electrons. The van der Waals surface area contributed by atoms with Gasteiger partial charge in [0.1, 0.15) is 0 Å². The lowest BCUT2D eigenvalue weighted by molar-refractivity contribution is -0.122. The van der Waals surface area contributed by atoms with Crippen LogP contribution in [0.5, 0.6) is 0 Å². The number of carbonyl (C=O) groups excluding carboxylic acids is 1. The summed E-state index contributed by atoms with van der Waals surface area (Å²) in [5.74, 6) is 0.292. The lowest BCUT2D eigenvalue weighted by atomic mass is 9.93. The zero-order chi connectivity index (χ0) is 14.4. The van der Waals surface area contributed by atoms with Crippen LogP contribution in [0.3, 0.4) is 0 Å². The number of amides is 2. The van der Waals surface area contributed by atoms with Gasteiger partial charge in [-0.25, -0.2) is 4.79 Å². The van der Waals surface area contributed by atoms with Crippen molar-refractivity contribution in [3.63, 3.8) is 0 Å². The van der Waals surface area contributed by atoms with Crippen LogP contribution in [0.4, 0.5) is 4.79 Å². The van der Waals surface area contributed by atoms with Crippen LogP contribution >= 0.6 is 0 Å². The van der Waals surface area contributed by atoms with E-state index in [1.165, 1.54) is 4.90 Å². The number of nitrogens with one attached hydrogen (secondary N) is 2. The SMILES string of the molecule is O=C(CC1CCN(C(=O)O)CC1)NCCc1cn[nH]n1. The molecule has 0 unspecified atom stereocenters. The number of carboxylic acid groups (broad SMARTS) is 1. The first-order valence-corrected chi connectivity index (χ1v) is 6.74. The molecular weight excluding hydrogens is 262 g/mol. The van der Waals surface area contributed by atoms with E-state index in [-0.39, 0.29) is 11.8 Å². The van der Waals surface area contributed by atoms with E-state index < -0.39 is 6.09 Å². The van der Waals surface area contributed by atoms with Gasteiger partial charge in [0.2, 0.25) is 5.91 Å². The molecule has 1 fully saturated rings. The fourth-order valence-corrected chi connectivity index (χ4v) is 2.34. The monoisotopic (exact) mass is 281 g/mol. The van der Waals surface area contributed by atoms with Crippen LogP contribution in [0.2, 0.25) is 0 Å². The Labute approximate surface area is 116 Å². The van der Waals surface area contributed by atoms with Gasteiger partial charge in [-0.1, -0.05) is 0 Å². The summed E-state index contributed by atoms with van der Waals surface area (Å²) in [7, 11) is 0. The van der Waals surface area contributed by atoms with E-state index in [0.29, 0.717) is 32.5 Å². The topological polar surface area (TPSA) is 111 Å². The molecule has 2 amide bonds. The fraction of sp³-hybridized carbons (Fsp3) is 0.667. The van der Waals surface area contributed by atoms with Crippen molar-refractivity contribution in [2.24, 2.45) is 5.92 Å². The van der Waals surface area contributed by atoms with Gasteiger partial charge in [-0.2, -0.15) is 15.4 Å². The highest BCUT2D eigenvalue weighted by atomic mass is 16.4. The van der Waals surface area contributed by atoms with Gasteiger partial charge in [-0.15, -0.1) is 0 Å². The fourth-order valence-electron chi connectivity index (χ4n) is 2.34. The number of carbonyl (C=O) groups is 2. The first kappa shape index (κ1) is 14.3. The van der Waals surface area contributed by atoms with Crippen LogP contribution in [0.25, 0.3) is 0 Å². The van der Waals surface area contributed by atoms with Crippen LogP contribution in [0, 0.1) is 5.92 Å². The van der Waals surface area contributed by atoms with Crippen LogP contribution in [0.1, 0.15) is 25.0 Å². The van der Waals surface area contributed by atoms with Gasteiger partial charge in [0.15, 0.2) is 0 Å². The van der Waals surface area contributed by atoms with Crippen molar-refractivity contribution >= 4 is 12.0 Å². The Morgan fingerprint density at radius 2 is 2.20 bits per heavy atom. The molecule has 1 aliphatic heterocycles. The van der Waals surface area contributed by atoms with Crippen molar-refractivity contribution in [3.8, 4) is 0 Å². The molecule has 1 aliphatic rings. The van der Waals surface area contributed by atoms with Crippen LogP contribution in [0.15, 0.2) is 6.20 Å². The Bertz CT molecular complexity index is 440. The van der Waals surface area contributed by atoms with Crippen molar-refractivity contribution < 1.29 is 14.7 Å². The number of rotatable bonds is 5. The van der Waals surface area contributed by atoms with Gasteiger partial charge in [-0.3, -0.25) is 4.79 Å². The first-order chi connectivity index (χ1) is 9.65. The maximum Gasteiger partial charge on any atom is 0.407 e. The van der Waals surface area contributed by atoms with E-state index >= 15 is 0 Å². The minimum absolute atomic E-state index is 0.0160. The van der Waals surface area contributed by atoms with Crippen molar-refractivity contribution in [1.29, 1.82) is 0 Å². The Hall–Kier alpha value is -2.12. The predicted octanol–water partition coefficient (Wildman–Crippen LogP) is 0.244. The van der Waals surface area contributed by atoms with Gasteiger partial charge in [-0.05, 0) is 18.8 Å². The quantitative estimate of drug-likeness (QED) is 0.716. The molecule has 0 aromatic carbocycles. The highest BCUT2D eigenvalue weighted by Crippen LogP contribution is 2.20. The molecule has 3 N–H and O–H groups in total. The Kier molecular flexibility index (Phi) is 4.91. The summed E-state index contributed by atoms with van der Waals surface area (Å²) in [6.45, 7) is 1.58. The third-order valence-electron chi connectivity index (χ3n) is 3.53. The molecule has 1 saturated heterocycles. The Morgan fingerprint density at radius 3 is 2.80 bits per heavy atom. The van der Waals surface area contributed by atoms with Gasteiger partial charge in [0.25, 0.3) is 0 Å². The molecule has 8 heteroatoms. The molecule has 1 aromatic heterocycles. The zero-order valence-corrected chi connectivity index (χ0v) is 11.2. The summed E-state index contributed by atoms with van der Waals surface area (Å²) in [5, 5.41) is 21.8. The summed E-state index contributed by atoms with van der Waals surface area (Å²) in [6.07, 6.45) is 3.38. The van der Waals surface area contributed by atoms with Gasteiger partial charge >= 0.3 is 6.09 Å². The molecule has 0 atom stereocenters.